The van der Waals surface area contributed by atoms with Crippen LogP contribution in [0.3, 0.4) is 0 Å². The van der Waals surface area contributed by atoms with Gasteiger partial charge in [-0.25, -0.2) is 0 Å². The molecule has 3 heteroatoms. The van der Waals surface area contributed by atoms with E-state index in [1.54, 1.807) is 0 Å². The van der Waals surface area contributed by atoms with Gasteiger partial charge in [-0.15, -0.1) is 0 Å². The molecule has 58 valence electrons. The highest BCUT2D eigenvalue weighted by Gasteiger charge is 2.00. The SMILES string of the molecule is CCOC(C#CCl)OCC. The van der Waals surface area contributed by atoms with Gasteiger partial charge in [0.1, 0.15) is 0 Å². The van der Waals surface area contributed by atoms with Crippen molar-refractivity contribution in [2.75, 3.05) is 13.2 Å². The van der Waals surface area contributed by atoms with Gasteiger partial charge in [-0.05, 0) is 31.4 Å². The van der Waals surface area contributed by atoms with Crippen molar-refractivity contribution in [3.8, 4) is 11.3 Å². The summed E-state index contributed by atoms with van der Waals surface area (Å²) in [6.45, 7) is 4.91. The molecule has 0 heterocycles. The van der Waals surface area contributed by atoms with E-state index >= 15 is 0 Å². The Morgan fingerprint density at radius 2 is 1.80 bits per heavy atom. The minimum atomic E-state index is -0.465. The van der Waals surface area contributed by atoms with Gasteiger partial charge in [-0.2, -0.15) is 0 Å². The first-order valence-electron chi connectivity index (χ1n) is 3.19. The van der Waals surface area contributed by atoms with Gasteiger partial charge < -0.3 is 9.47 Å². The molecule has 0 saturated carbocycles. The number of rotatable bonds is 4. The predicted octanol–water partition coefficient (Wildman–Crippen LogP) is 1.59. The van der Waals surface area contributed by atoms with E-state index < -0.39 is 6.29 Å². The minimum absolute atomic E-state index is 0.465. The van der Waals surface area contributed by atoms with E-state index in [1.165, 1.54) is 0 Å². The fourth-order valence-corrected chi connectivity index (χ4v) is 0.568. The molecule has 0 radical (unpaired) electrons. The van der Waals surface area contributed by atoms with Crippen LogP contribution in [0.25, 0.3) is 0 Å². The van der Waals surface area contributed by atoms with Crippen LogP contribution in [0.1, 0.15) is 13.8 Å². The van der Waals surface area contributed by atoms with Gasteiger partial charge in [0.15, 0.2) is 0 Å². The Morgan fingerprint density at radius 3 is 2.10 bits per heavy atom. The molecule has 0 atom stereocenters. The topological polar surface area (TPSA) is 18.5 Å². The Hall–Kier alpha value is -0.230. The van der Waals surface area contributed by atoms with E-state index in [-0.39, 0.29) is 0 Å². The summed E-state index contributed by atoms with van der Waals surface area (Å²) in [5.41, 5.74) is 0. The van der Waals surface area contributed by atoms with Crippen LogP contribution < -0.4 is 0 Å². The maximum Gasteiger partial charge on any atom is 0.223 e. The zero-order valence-electron chi connectivity index (χ0n) is 6.19. The molecular formula is C7H11ClO2. The molecule has 0 unspecified atom stereocenters. The molecule has 0 aliphatic rings. The second-order valence-electron chi connectivity index (χ2n) is 1.48. The molecule has 0 fully saturated rings. The van der Waals surface area contributed by atoms with Gasteiger partial charge in [0.05, 0.1) is 0 Å². The first-order valence-corrected chi connectivity index (χ1v) is 3.57. The lowest BCUT2D eigenvalue weighted by atomic mass is 10.6. The zero-order valence-corrected chi connectivity index (χ0v) is 6.94. The lowest BCUT2D eigenvalue weighted by Crippen LogP contribution is -2.14. The highest BCUT2D eigenvalue weighted by molar-refractivity contribution is 6.30. The molecule has 0 rings (SSSR count). The summed E-state index contributed by atoms with van der Waals surface area (Å²) in [6, 6.07) is 0. The molecule has 0 aromatic rings. The maximum absolute atomic E-state index is 5.15. The van der Waals surface area contributed by atoms with Crippen molar-refractivity contribution >= 4 is 11.6 Å². The van der Waals surface area contributed by atoms with Crippen LogP contribution in [0.2, 0.25) is 0 Å². The largest absolute Gasteiger partial charge is 0.342 e. The van der Waals surface area contributed by atoms with Gasteiger partial charge in [-0.1, -0.05) is 0 Å². The van der Waals surface area contributed by atoms with Crippen LogP contribution in [0, 0.1) is 11.3 Å². The molecule has 0 aliphatic heterocycles. The minimum Gasteiger partial charge on any atom is -0.342 e. The third-order valence-corrected chi connectivity index (χ3v) is 0.918. The Balaban J connectivity index is 3.57. The maximum atomic E-state index is 5.15. The van der Waals surface area contributed by atoms with Crippen molar-refractivity contribution in [2.45, 2.75) is 20.1 Å². The number of hydrogen-bond acceptors (Lipinski definition) is 2. The fraction of sp³-hybridized carbons (Fsp3) is 0.714. The normalized spacial score (nSPS) is 9.20. The fourth-order valence-electron chi connectivity index (χ4n) is 0.479. The second kappa shape index (κ2) is 6.88. The Morgan fingerprint density at radius 1 is 1.30 bits per heavy atom. The van der Waals surface area contributed by atoms with E-state index in [0.717, 1.165) is 0 Å². The molecule has 0 aliphatic carbocycles. The Kier molecular flexibility index (Phi) is 6.73. The predicted molar refractivity (Wildman–Crippen MR) is 40.7 cm³/mol. The summed E-state index contributed by atoms with van der Waals surface area (Å²) in [6.07, 6.45) is -0.465. The van der Waals surface area contributed by atoms with Crippen LogP contribution in [0.5, 0.6) is 0 Å². The summed E-state index contributed by atoms with van der Waals surface area (Å²) in [7, 11) is 0. The van der Waals surface area contributed by atoms with E-state index in [0.29, 0.717) is 13.2 Å². The van der Waals surface area contributed by atoms with Crippen molar-refractivity contribution in [3.63, 3.8) is 0 Å². The summed E-state index contributed by atoms with van der Waals surface area (Å²) in [5, 5.41) is 2.21. The van der Waals surface area contributed by atoms with Crippen LogP contribution in [0.15, 0.2) is 0 Å². The van der Waals surface area contributed by atoms with Crippen molar-refractivity contribution in [3.05, 3.63) is 0 Å². The molecule has 10 heavy (non-hydrogen) atoms. The average Bonchev–Trinajstić information content (AvgIpc) is 1.90. The molecule has 0 N–H and O–H groups in total. The van der Waals surface area contributed by atoms with Gasteiger partial charge in [0.2, 0.25) is 6.29 Å². The Labute approximate surface area is 66.5 Å². The molecule has 0 aromatic heterocycles. The third kappa shape index (κ3) is 4.63. The Bertz CT molecular complexity index is 119. The summed E-state index contributed by atoms with van der Waals surface area (Å²) in [5.74, 6) is 2.56. The van der Waals surface area contributed by atoms with Gasteiger partial charge in [-0.3, -0.25) is 0 Å². The van der Waals surface area contributed by atoms with E-state index in [4.69, 9.17) is 21.1 Å². The second-order valence-corrected chi connectivity index (χ2v) is 1.67. The molecule has 0 amide bonds. The molecule has 0 spiro atoms. The molecule has 0 saturated heterocycles. The number of ether oxygens (including phenoxy) is 2. The highest BCUT2D eigenvalue weighted by Crippen LogP contribution is 1.92. The number of halogens is 1. The van der Waals surface area contributed by atoms with E-state index in [9.17, 15) is 0 Å². The first kappa shape index (κ1) is 9.77. The lowest BCUT2D eigenvalue weighted by molar-refractivity contribution is -0.0969. The monoisotopic (exact) mass is 162 g/mol. The first-order chi connectivity index (χ1) is 4.85. The quantitative estimate of drug-likeness (QED) is 0.462. The third-order valence-electron chi connectivity index (χ3n) is 0.808. The van der Waals surface area contributed by atoms with Gasteiger partial charge >= 0.3 is 0 Å². The summed E-state index contributed by atoms with van der Waals surface area (Å²) in [4.78, 5) is 0. The van der Waals surface area contributed by atoms with Crippen molar-refractivity contribution in [1.29, 1.82) is 0 Å². The van der Waals surface area contributed by atoms with Crippen LogP contribution in [-0.2, 0) is 9.47 Å². The number of hydrogen-bond donors (Lipinski definition) is 0. The standard InChI is InChI=1S/C7H11ClO2/c1-3-9-7(5-6-8)10-4-2/h7H,3-4H2,1-2H3. The molecule has 0 aromatic carbocycles. The molecular weight excluding hydrogens is 152 g/mol. The van der Waals surface area contributed by atoms with Crippen LogP contribution >= 0.6 is 11.6 Å². The highest BCUT2D eigenvalue weighted by atomic mass is 35.5. The van der Waals surface area contributed by atoms with Crippen molar-refractivity contribution in [1.82, 2.24) is 0 Å². The molecule has 2 nitrogen and oxygen atoms in total. The summed E-state index contributed by atoms with van der Waals surface area (Å²) < 4.78 is 10.1. The van der Waals surface area contributed by atoms with E-state index in [1.807, 2.05) is 13.8 Å². The van der Waals surface area contributed by atoms with Crippen LogP contribution in [-0.4, -0.2) is 19.5 Å². The lowest BCUT2D eigenvalue weighted by Gasteiger charge is -2.08. The summed E-state index contributed by atoms with van der Waals surface area (Å²) >= 11 is 5.15. The zero-order chi connectivity index (χ0) is 7.82. The van der Waals surface area contributed by atoms with Gasteiger partial charge in [0.25, 0.3) is 0 Å². The van der Waals surface area contributed by atoms with Gasteiger partial charge in [0, 0.05) is 18.6 Å². The van der Waals surface area contributed by atoms with Crippen molar-refractivity contribution in [2.24, 2.45) is 0 Å². The van der Waals surface area contributed by atoms with Crippen molar-refractivity contribution < 1.29 is 9.47 Å². The molecule has 0 bridgehead atoms. The average molecular weight is 163 g/mol. The van der Waals surface area contributed by atoms with E-state index in [2.05, 4.69) is 11.3 Å². The van der Waals surface area contributed by atoms with Crippen LogP contribution in [0.4, 0.5) is 0 Å². The smallest absolute Gasteiger partial charge is 0.223 e.